The Morgan fingerprint density at radius 1 is 0.444 bits per heavy atom. The third kappa shape index (κ3) is 49.1. The molecular formula is C57H105NO5. The average Bonchev–Trinajstić information content (AvgIpc) is 3.28. The molecule has 0 spiro atoms. The minimum atomic E-state index is -0.864. The van der Waals surface area contributed by atoms with Crippen molar-refractivity contribution in [2.45, 2.75) is 289 Å². The van der Waals surface area contributed by atoms with E-state index >= 15 is 0 Å². The molecule has 3 N–H and O–H groups in total. The van der Waals surface area contributed by atoms with Gasteiger partial charge in [-0.2, -0.15) is 0 Å². The molecule has 2 atom stereocenters. The summed E-state index contributed by atoms with van der Waals surface area (Å²) in [5, 5.41) is 23.1. The molecule has 368 valence electrons. The molecule has 6 nitrogen and oxygen atoms in total. The van der Waals surface area contributed by atoms with Gasteiger partial charge in [0.1, 0.15) is 0 Å². The predicted octanol–water partition coefficient (Wildman–Crippen LogP) is 16.6. The van der Waals surface area contributed by atoms with Crippen molar-refractivity contribution >= 4 is 11.9 Å². The molecule has 0 rings (SSSR count). The Kier molecular flexibility index (Phi) is 50.6. The number of unbranched alkanes of at least 4 members (excludes halogenated alkanes) is 33. The summed E-state index contributed by atoms with van der Waals surface area (Å²) in [6.45, 7) is 4.80. The SMILES string of the molecule is CCCCCC/C=C\C/C=C\CCCCCCCCCC(=O)OCCCC/C=C\CCCCCCCC(=O)NC(CO)C(O)/C=C/CCCCCCCCCCCCCCCCC. The second-order valence-electron chi connectivity index (χ2n) is 18.5. The molecule has 0 aromatic carbocycles. The van der Waals surface area contributed by atoms with Crippen LogP contribution in [0.4, 0.5) is 0 Å². The standard InChI is InChI=1S/C57H105NO5/c1-3-5-7-9-11-13-15-17-19-21-23-25-27-31-35-39-43-47-51-57(62)63-52-48-44-40-36-32-28-30-34-38-42-46-50-56(61)58-54(53-59)55(60)49-45-41-37-33-29-26-24-22-20-18-16-14-12-10-8-6-4-2/h13,15,19,21,32,36,45,49,54-55,59-60H,3-12,14,16-18,20,22-31,33-35,37-44,46-48,50-53H2,1-2H3,(H,58,61)/b15-13-,21-19-,36-32-,49-45+. The first kappa shape index (κ1) is 60.8. The second-order valence-corrected chi connectivity index (χ2v) is 18.5. The summed E-state index contributed by atoms with van der Waals surface area (Å²) in [4.78, 5) is 24.5. The fourth-order valence-corrected chi connectivity index (χ4v) is 8.07. The summed E-state index contributed by atoms with van der Waals surface area (Å²) in [5.74, 6) is -0.138. The Bertz CT molecular complexity index is 1070. The highest BCUT2D eigenvalue weighted by molar-refractivity contribution is 5.76. The lowest BCUT2D eigenvalue weighted by Crippen LogP contribution is -2.45. The van der Waals surface area contributed by atoms with Gasteiger partial charge in [0.15, 0.2) is 0 Å². The van der Waals surface area contributed by atoms with E-state index in [1.807, 2.05) is 6.08 Å². The largest absolute Gasteiger partial charge is 0.466 e. The average molecular weight is 884 g/mol. The van der Waals surface area contributed by atoms with Crippen LogP contribution in [0, 0.1) is 0 Å². The molecule has 0 saturated carbocycles. The Hall–Kier alpha value is -2.18. The van der Waals surface area contributed by atoms with Crippen LogP contribution in [0.15, 0.2) is 48.6 Å². The van der Waals surface area contributed by atoms with Crippen molar-refractivity contribution in [1.82, 2.24) is 5.32 Å². The van der Waals surface area contributed by atoms with Crippen LogP contribution in [-0.2, 0) is 14.3 Å². The van der Waals surface area contributed by atoms with Gasteiger partial charge in [-0.25, -0.2) is 0 Å². The van der Waals surface area contributed by atoms with E-state index < -0.39 is 12.1 Å². The zero-order valence-electron chi connectivity index (χ0n) is 41.8. The summed E-state index contributed by atoms with van der Waals surface area (Å²) >= 11 is 0. The molecule has 0 fully saturated rings. The lowest BCUT2D eigenvalue weighted by molar-refractivity contribution is -0.143. The minimum absolute atomic E-state index is 0.0408. The van der Waals surface area contributed by atoms with E-state index in [0.717, 1.165) is 89.9 Å². The number of carbonyl (C=O) groups is 2. The van der Waals surface area contributed by atoms with E-state index in [2.05, 4.69) is 55.6 Å². The molecule has 6 heteroatoms. The zero-order chi connectivity index (χ0) is 45.8. The maximum absolute atomic E-state index is 12.4. The van der Waals surface area contributed by atoms with Gasteiger partial charge in [-0.3, -0.25) is 9.59 Å². The van der Waals surface area contributed by atoms with Gasteiger partial charge >= 0.3 is 5.97 Å². The van der Waals surface area contributed by atoms with Gasteiger partial charge in [0, 0.05) is 12.8 Å². The number of hydrogen-bond acceptors (Lipinski definition) is 5. The number of hydrogen-bond donors (Lipinski definition) is 3. The number of allylic oxidation sites excluding steroid dienone is 7. The van der Waals surface area contributed by atoms with Gasteiger partial charge in [0.05, 0.1) is 25.4 Å². The first-order chi connectivity index (χ1) is 31.0. The first-order valence-corrected chi connectivity index (χ1v) is 27.4. The molecule has 1 amide bonds. The van der Waals surface area contributed by atoms with E-state index in [1.54, 1.807) is 6.08 Å². The van der Waals surface area contributed by atoms with E-state index in [1.165, 1.54) is 161 Å². The third-order valence-corrected chi connectivity index (χ3v) is 12.3. The number of nitrogens with one attached hydrogen (secondary N) is 1. The van der Waals surface area contributed by atoms with Gasteiger partial charge < -0.3 is 20.3 Å². The molecule has 0 saturated heterocycles. The topological polar surface area (TPSA) is 95.9 Å². The van der Waals surface area contributed by atoms with Crippen molar-refractivity contribution in [2.75, 3.05) is 13.2 Å². The smallest absolute Gasteiger partial charge is 0.305 e. The maximum Gasteiger partial charge on any atom is 0.305 e. The molecule has 63 heavy (non-hydrogen) atoms. The fraction of sp³-hybridized carbons (Fsp3) is 0.825. The van der Waals surface area contributed by atoms with Crippen molar-refractivity contribution in [3.05, 3.63) is 48.6 Å². The lowest BCUT2D eigenvalue weighted by Gasteiger charge is -2.20. The van der Waals surface area contributed by atoms with Gasteiger partial charge in [0.2, 0.25) is 5.91 Å². The van der Waals surface area contributed by atoms with E-state index in [-0.39, 0.29) is 18.5 Å². The quantitative estimate of drug-likeness (QED) is 0.0321. The Morgan fingerprint density at radius 2 is 0.794 bits per heavy atom. The number of carbonyl (C=O) groups excluding carboxylic acids is 2. The number of rotatable bonds is 50. The molecule has 2 unspecified atom stereocenters. The van der Waals surface area contributed by atoms with Crippen LogP contribution in [0.2, 0.25) is 0 Å². The molecule has 0 heterocycles. The Balaban J connectivity index is 3.55. The summed E-state index contributed by atoms with van der Waals surface area (Å²) in [6.07, 6.45) is 65.5. The van der Waals surface area contributed by atoms with Crippen LogP contribution < -0.4 is 5.32 Å². The molecule has 0 bridgehead atoms. The van der Waals surface area contributed by atoms with Crippen LogP contribution in [0.5, 0.6) is 0 Å². The highest BCUT2D eigenvalue weighted by atomic mass is 16.5. The van der Waals surface area contributed by atoms with Crippen molar-refractivity contribution in [2.24, 2.45) is 0 Å². The summed E-state index contributed by atoms with van der Waals surface area (Å²) < 4.78 is 5.44. The Morgan fingerprint density at radius 3 is 1.24 bits per heavy atom. The molecule has 0 aliphatic carbocycles. The van der Waals surface area contributed by atoms with Gasteiger partial charge in [-0.15, -0.1) is 0 Å². The molecule has 0 aromatic rings. The summed E-state index contributed by atoms with van der Waals surface area (Å²) in [7, 11) is 0. The molecular weight excluding hydrogens is 779 g/mol. The number of ether oxygens (including phenoxy) is 1. The Labute approximate surface area is 391 Å². The second kappa shape index (κ2) is 52.4. The monoisotopic (exact) mass is 884 g/mol. The van der Waals surface area contributed by atoms with Crippen LogP contribution in [0.1, 0.15) is 277 Å². The number of esters is 1. The van der Waals surface area contributed by atoms with E-state index in [9.17, 15) is 19.8 Å². The molecule has 0 radical (unpaired) electrons. The number of amides is 1. The van der Waals surface area contributed by atoms with Crippen molar-refractivity contribution in [1.29, 1.82) is 0 Å². The predicted molar refractivity (Wildman–Crippen MR) is 273 cm³/mol. The van der Waals surface area contributed by atoms with Gasteiger partial charge in [-0.1, -0.05) is 223 Å². The fourth-order valence-electron chi connectivity index (χ4n) is 8.07. The van der Waals surface area contributed by atoms with Crippen LogP contribution in [0.25, 0.3) is 0 Å². The maximum atomic E-state index is 12.4. The van der Waals surface area contributed by atoms with E-state index in [4.69, 9.17) is 4.74 Å². The lowest BCUT2D eigenvalue weighted by atomic mass is 10.0. The van der Waals surface area contributed by atoms with Gasteiger partial charge in [0.25, 0.3) is 0 Å². The summed E-state index contributed by atoms with van der Waals surface area (Å²) in [6, 6.07) is -0.651. The molecule has 0 aliphatic rings. The van der Waals surface area contributed by atoms with Crippen molar-refractivity contribution in [3.8, 4) is 0 Å². The zero-order valence-corrected chi connectivity index (χ0v) is 41.8. The summed E-state index contributed by atoms with van der Waals surface area (Å²) in [5.41, 5.74) is 0. The van der Waals surface area contributed by atoms with Crippen molar-refractivity contribution in [3.63, 3.8) is 0 Å². The van der Waals surface area contributed by atoms with E-state index in [0.29, 0.717) is 19.4 Å². The minimum Gasteiger partial charge on any atom is -0.466 e. The van der Waals surface area contributed by atoms with Crippen LogP contribution in [-0.4, -0.2) is 47.4 Å². The van der Waals surface area contributed by atoms with Crippen LogP contribution >= 0.6 is 0 Å². The third-order valence-electron chi connectivity index (χ3n) is 12.3. The molecule has 0 aliphatic heterocycles. The number of aliphatic hydroxyl groups excluding tert-OH is 2. The first-order valence-electron chi connectivity index (χ1n) is 27.4. The molecule has 0 aromatic heterocycles. The number of aliphatic hydroxyl groups is 2. The van der Waals surface area contributed by atoms with Crippen LogP contribution in [0.3, 0.4) is 0 Å². The van der Waals surface area contributed by atoms with Gasteiger partial charge in [-0.05, 0) is 89.9 Å². The van der Waals surface area contributed by atoms with Crippen molar-refractivity contribution < 1.29 is 24.5 Å². The highest BCUT2D eigenvalue weighted by Gasteiger charge is 2.18. The normalized spacial score (nSPS) is 13.0. The highest BCUT2D eigenvalue weighted by Crippen LogP contribution is 2.15.